The van der Waals surface area contributed by atoms with E-state index in [0.29, 0.717) is 0 Å². The molecule has 2 atom stereocenters. The van der Waals surface area contributed by atoms with Crippen molar-refractivity contribution in [3.05, 3.63) is 22.4 Å². The quantitative estimate of drug-likeness (QED) is 0.896. The lowest BCUT2D eigenvalue weighted by atomic mass is 10.0. The number of hydrogen-bond donors (Lipinski definition) is 1. The second kappa shape index (κ2) is 5.65. The van der Waals surface area contributed by atoms with Gasteiger partial charge in [0, 0.05) is 11.9 Å². The van der Waals surface area contributed by atoms with Gasteiger partial charge in [0.15, 0.2) is 0 Å². The molecule has 0 saturated carbocycles. The van der Waals surface area contributed by atoms with E-state index in [2.05, 4.69) is 23.7 Å². The zero-order valence-electron chi connectivity index (χ0n) is 10.5. The number of nitrogens with one attached hydrogen (secondary N) is 1. The Bertz CT molecular complexity index is 358. The minimum atomic E-state index is 0.0242. The second-order valence-electron chi connectivity index (χ2n) is 4.64. The van der Waals surface area contributed by atoms with Crippen molar-refractivity contribution < 1.29 is 4.79 Å². The maximum absolute atomic E-state index is 12.3. The van der Waals surface area contributed by atoms with E-state index in [-0.39, 0.29) is 18.0 Å². The summed E-state index contributed by atoms with van der Waals surface area (Å²) in [5, 5.41) is 5.37. The predicted octanol–water partition coefficient (Wildman–Crippen LogP) is 2.41. The van der Waals surface area contributed by atoms with Crippen LogP contribution in [-0.2, 0) is 4.79 Å². The Morgan fingerprint density at radius 1 is 1.59 bits per heavy atom. The molecule has 1 aliphatic heterocycles. The van der Waals surface area contributed by atoms with Crippen molar-refractivity contribution in [2.45, 2.75) is 38.3 Å². The van der Waals surface area contributed by atoms with E-state index in [4.69, 9.17) is 0 Å². The number of hydrogen-bond acceptors (Lipinski definition) is 3. The fraction of sp³-hybridized carbons (Fsp3) is 0.615. The molecule has 1 saturated heterocycles. The molecule has 2 rings (SSSR count). The predicted molar refractivity (Wildman–Crippen MR) is 71.1 cm³/mol. The van der Waals surface area contributed by atoms with Gasteiger partial charge in [-0.1, -0.05) is 12.5 Å². The molecule has 1 N–H and O–H groups in total. The monoisotopic (exact) mass is 252 g/mol. The van der Waals surface area contributed by atoms with Crippen LogP contribution in [0, 0.1) is 0 Å². The lowest BCUT2D eigenvalue weighted by Crippen LogP contribution is -2.47. The van der Waals surface area contributed by atoms with Gasteiger partial charge in [-0.25, -0.2) is 0 Å². The minimum Gasteiger partial charge on any atom is -0.337 e. The van der Waals surface area contributed by atoms with Gasteiger partial charge in [-0.05, 0) is 37.8 Å². The van der Waals surface area contributed by atoms with Gasteiger partial charge in [-0.2, -0.15) is 0 Å². The number of carbonyl (C=O) groups excluding carboxylic acids is 1. The van der Waals surface area contributed by atoms with Crippen molar-refractivity contribution in [1.29, 1.82) is 0 Å². The fourth-order valence-corrected chi connectivity index (χ4v) is 3.05. The summed E-state index contributed by atoms with van der Waals surface area (Å²) in [6, 6.07) is 4.32. The highest BCUT2D eigenvalue weighted by atomic mass is 32.1. The summed E-state index contributed by atoms with van der Waals surface area (Å²) in [7, 11) is 1.91. The standard InChI is InChI=1S/C13H20N2OS/c1-10(12-7-5-9-17-12)15(2)13(16)11-6-3-4-8-14-11/h5,7,9-11,14H,3-4,6,8H2,1-2H3. The molecule has 94 valence electrons. The first-order valence-electron chi connectivity index (χ1n) is 6.23. The third-order valence-electron chi connectivity index (χ3n) is 3.49. The van der Waals surface area contributed by atoms with E-state index in [1.807, 2.05) is 18.0 Å². The summed E-state index contributed by atoms with van der Waals surface area (Å²) in [6.45, 7) is 3.06. The number of thiophene rings is 1. The summed E-state index contributed by atoms with van der Waals surface area (Å²) < 4.78 is 0. The van der Waals surface area contributed by atoms with Gasteiger partial charge >= 0.3 is 0 Å². The fourth-order valence-electron chi connectivity index (χ4n) is 2.22. The van der Waals surface area contributed by atoms with Crippen LogP contribution in [0.5, 0.6) is 0 Å². The Kier molecular flexibility index (Phi) is 4.18. The van der Waals surface area contributed by atoms with Gasteiger partial charge in [-0.3, -0.25) is 4.79 Å². The number of rotatable bonds is 3. The Hall–Kier alpha value is -0.870. The van der Waals surface area contributed by atoms with E-state index in [1.165, 1.54) is 11.3 Å². The van der Waals surface area contributed by atoms with Crippen molar-refractivity contribution >= 4 is 17.2 Å². The van der Waals surface area contributed by atoms with Gasteiger partial charge in [-0.15, -0.1) is 11.3 Å². The molecular weight excluding hydrogens is 232 g/mol. The number of amides is 1. The molecule has 1 aliphatic rings. The molecule has 2 unspecified atom stereocenters. The minimum absolute atomic E-state index is 0.0242. The van der Waals surface area contributed by atoms with Crippen LogP contribution in [0.3, 0.4) is 0 Å². The summed E-state index contributed by atoms with van der Waals surface area (Å²) in [5.74, 6) is 0.227. The van der Waals surface area contributed by atoms with Gasteiger partial charge < -0.3 is 10.2 Å². The van der Waals surface area contributed by atoms with Crippen molar-refractivity contribution in [2.24, 2.45) is 0 Å². The zero-order chi connectivity index (χ0) is 12.3. The first kappa shape index (κ1) is 12.6. The lowest BCUT2D eigenvalue weighted by Gasteiger charge is -2.30. The first-order chi connectivity index (χ1) is 8.20. The van der Waals surface area contributed by atoms with Crippen LogP contribution in [0.4, 0.5) is 0 Å². The molecular formula is C13H20N2OS. The molecule has 3 nitrogen and oxygen atoms in total. The Morgan fingerprint density at radius 3 is 3.00 bits per heavy atom. The van der Waals surface area contributed by atoms with Gasteiger partial charge in [0.2, 0.25) is 5.91 Å². The highest BCUT2D eigenvalue weighted by molar-refractivity contribution is 7.10. The van der Waals surface area contributed by atoms with Crippen LogP contribution in [0.1, 0.15) is 37.1 Å². The highest BCUT2D eigenvalue weighted by Crippen LogP contribution is 2.24. The van der Waals surface area contributed by atoms with Crippen LogP contribution in [0.2, 0.25) is 0 Å². The van der Waals surface area contributed by atoms with Crippen LogP contribution >= 0.6 is 11.3 Å². The van der Waals surface area contributed by atoms with E-state index < -0.39 is 0 Å². The van der Waals surface area contributed by atoms with Gasteiger partial charge in [0.05, 0.1) is 12.1 Å². The molecule has 1 aromatic rings. The maximum atomic E-state index is 12.3. The second-order valence-corrected chi connectivity index (χ2v) is 5.62. The molecule has 0 radical (unpaired) electrons. The smallest absolute Gasteiger partial charge is 0.239 e. The molecule has 1 fully saturated rings. The topological polar surface area (TPSA) is 32.3 Å². The molecule has 1 aromatic heterocycles. The Morgan fingerprint density at radius 2 is 2.41 bits per heavy atom. The average molecular weight is 252 g/mol. The average Bonchev–Trinajstić information content (AvgIpc) is 2.91. The SMILES string of the molecule is CC(c1cccs1)N(C)C(=O)C1CCCCN1. The first-order valence-corrected chi connectivity index (χ1v) is 7.11. The summed E-state index contributed by atoms with van der Waals surface area (Å²) in [4.78, 5) is 15.4. The largest absolute Gasteiger partial charge is 0.337 e. The van der Waals surface area contributed by atoms with E-state index in [9.17, 15) is 4.79 Å². The van der Waals surface area contributed by atoms with Crippen molar-refractivity contribution in [3.8, 4) is 0 Å². The van der Waals surface area contributed by atoms with Crippen LogP contribution in [0.15, 0.2) is 17.5 Å². The van der Waals surface area contributed by atoms with E-state index in [1.54, 1.807) is 11.3 Å². The summed E-state index contributed by atoms with van der Waals surface area (Å²) >= 11 is 1.71. The third-order valence-corrected chi connectivity index (χ3v) is 4.53. The molecule has 0 spiro atoms. The molecule has 2 heterocycles. The van der Waals surface area contributed by atoms with Gasteiger partial charge in [0.1, 0.15) is 0 Å². The Labute approximate surface area is 107 Å². The number of carbonyl (C=O) groups is 1. The third kappa shape index (κ3) is 2.87. The van der Waals surface area contributed by atoms with Gasteiger partial charge in [0.25, 0.3) is 0 Å². The summed E-state index contributed by atoms with van der Waals surface area (Å²) in [5.41, 5.74) is 0. The van der Waals surface area contributed by atoms with Crippen LogP contribution in [0.25, 0.3) is 0 Å². The number of piperidine rings is 1. The zero-order valence-corrected chi connectivity index (χ0v) is 11.3. The van der Waals surface area contributed by atoms with Crippen molar-refractivity contribution in [3.63, 3.8) is 0 Å². The van der Waals surface area contributed by atoms with Crippen molar-refractivity contribution in [1.82, 2.24) is 10.2 Å². The van der Waals surface area contributed by atoms with E-state index >= 15 is 0 Å². The van der Waals surface area contributed by atoms with Crippen LogP contribution < -0.4 is 5.32 Å². The van der Waals surface area contributed by atoms with Crippen LogP contribution in [-0.4, -0.2) is 30.4 Å². The normalized spacial score (nSPS) is 22.1. The summed E-state index contributed by atoms with van der Waals surface area (Å²) in [6.07, 6.45) is 3.32. The highest BCUT2D eigenvalue weighted by Gasteiger charge is 2.26. The van der Waals surface area contributed by atoms with Crippen molar-refractivity contribution in [2.75, 3.05) is 13.6 Å². The number of nitrogens with zero attached hydrogens (tertiary/aromatic N) is 1. The Balaban J connectivity index is 1.98. The molecule has 0 aromatic carbocycles. The molecule has 1 amide bonds. The van der Waals surface area contributed by atoms with E-state index in [0.717, 1.165) is 19.4 Å². The molecule has 4 heteroatoms. The maximum Gasteiger partial charge on any atom is 0.239 e. The molecule has 0 aliphatic carbocycles. The molecule has 17 heavy (non-hydrogen) atoms. The lowest BCUT2D eigenvalue weighted by molar-refractivity contribution is -0.134. The molecule has 0 bridgehead atoms. The number of likely N-dealkylation sites (N-methyl/N-ethyl adjacent to an activating group) is 1.